The van der Waals surface area contributed by atoms with E-state index in [2.05, 4.69) is 42.3 Å². The third-order valence-corrected chi connectivity index (χ3v) is 4.37. The summed E-state index contributed by atoms with van der Waals surface area (Å²) in [5.74, 6) is 0.297. The predicted molar refractivity (Wildman–Crippen MR) is 102 cm³/mol. The fourth-order valence-corrected chi connectivity index (χ4v) is 2.85. The van der Waals surface area contributed by atoms with Crippen molar-refractivity contribution in [1.82, 2.24) is 10.2 Å². The van der Waals surface area contributed by atoms with E-state index in [-0.39, 0.29) is 24.8 Å². The molecule has 0 bridgehead atoms. The average molecular weight is 362 g/mol. The summed E-state index contributed by atoms with van der Waals surface area (Å²) in [6.45, 7) is 8.79. The molecule has 0 atom stereocenters. The van der Waals surface area contributed by atoms with Gasteiger partial charge in [-0.15, -0.1) is 24.8 Å². The first-order valence-electron chi connectivity index (χ1n) is 7.87. The van der Waals surface area contributed by atoms with Crippen LogP contribution in [0.15, 0.2) is 18.2 Å². The van der Waals surface area contributed by atoms with Crippen molar-refractivity contribution in [3.8, 4) is 0 Å². The number of rotatable bonds is 5. The van der Waals surface area contributed by atoms with E-state index in [1.807, 2.05) is 11.9 Å². The number of halogens is 2. The largest absolute Gasteiger partial charge is 0.368 e. The van der Waals surface area contributed by atoms with Crippen LogP contribution in [-0.2, 0) is 4.79 Å². The highest BCUT2D eigenvalue weighted by atomic mass is 35.5. The Morgan fingerprint density at radius 2 is 1.78 bits per heavy atom. The fourth-order valence-electron chi connectivity index (χ4n) is 2.85. The van der Waals surface area contributed by atoms with Gasteiger partial charge in [0.2, 0.25) is 5.91 Å². The standard InChI is InChI=1S/C17H27N3O.2ClH/c1-14-6-4-7-16(15(14)2)19-10-12-20(13-11-19)17(21)8-5-9-18-3;;/h4,6-7,18H,5,8-13H2,1-3H3;2*1H. The SMILES string of the molecule is CNCCCC(=O)N1CCN(c2cccc(C)c2C)CC1.Cl.Cl. The molecule has 2 rings (SSSR count). The Labute approximate surface area is 152 Å². The number of nitrogens with one attached hydrogen (secondary N) is 1. The Balaban J connectivity index is 0.00000242. The number of hydrogen-bond acceptors (Lipinski definition) is 3. The fraction of sp³-hybridized carbons (Fsp3) is 0.588. The molecule has 23 heavy (non-hydrogen) atoms. The van der Waals surface area contributed by atoms with Crippen LogP contribution >= 0.6 is 24.8 Å². The van der Waals surface area contributed by atoms with Gasteiger partial charge in [-0.25, -0.2) is 0 Å². The number of aryl methyl sites for hydroxylation is 1. The van der Waals surface area contributed by atoms with Crippen molar-refractivity contribution in [3.63, 3.8) is 0 Å². The molecule has 4 nitrogen and oxygen atoms in total. The van der Waals surface area contributed by atoms with Crippen molar-refractivity contribution in [3.05, 3.63) is 29.3 Å². The van der Waals surface area contributed by atoms with E-state index in [1.165, 1.54) is 16.8 Å². The van der Waals surface area contributed by atoms with Gasteiger partial charge < -0.3 is 15.1 Å². The summed E-state index contributed by atoms with van der Waals surface area (Å²) in [7, 11) is 1.92. The number of carbonyl (C=O) groups excluding carboxylic acids is 1. The van der Waals surface area contributed by atoms with Crippen molar-refractivity contribution >= 4 is 36.4 Å². The molecular weight excluding hydrogens is 333 g/mol. The Morgan fingerprint density at radius 3 is 2.39 bits per heavy atom. The third-order valence-electron chi connectivity index (χ3n) is 4.37. The zero-order valence-corrected chi connectivity index (χ0v) is 15.9. The minimum atomic E-state index is 0. The van der Waals surface area contributed by atoms with Crippen LogP contribution in [0.5, 0.6) is 0 Å². The lowest BCUT2D eigenvalue weighted by Crippen LogP contribution is -2.49. The van der Waals surface area contributed by atoms with Crippen LogP contribution in [0.1, 0.15) is 24.0 Å². The van der Waals surface area contributed by atoms with Crippen molar-refractivity contribution in [2.75, 3.05) is 44.7 Å². The van der Waals surface area contributed by atoms with Crippen LogP contribution in [0.25, 0.3) is 0 Å². The number of amides is 1. The van der Waals surface area contributed by atoms with E-state index in [9.17, 15) is 4.79 Å². The molecule has 6 heteroatoms. The van der Waals surface area contributed by atoms with Crippen LogP contribution in [0.4, 0.5) is 5.69 Å². The maximum Gasteiger partial charge on any atom is 0.222 e. The minimum absolute atomic E-state index is 0. The Morgan fingerprint density at radius 1 is 1.13 bits per heavy atom. The van der Waals surface area contributed by atoms with Crippen LogP contribution in [-0.4, -0.2) is 50.6 Å². The monoisotopic (exact) mass is 361 g/mol. The second-order valence-corrected chi connectivity index (χ2v) is 5.79. The molecule has 0 unspecified atom stereocenters. The summed E-state index contributed by atoms with van der Waals surface area (Å²) < 4.78 is 0. The molecule has 0 saturated carbocycles. The van der Waals surface area contributed by atoms with Gasteiger partial charge in [0.15, 0.2) is 0 Å². The van der Waals surface area contributed by atoms with Gasteiger partial charge in [0.25, 0.3) is 0 Å². The van der Waals surface area contributed by atoms with E-state index in [0.717, 1.165) is 39.1 Å². The van der Waals surface area contributed by atoms with Gasteiger partial charge in [-0.1, -0.05) is 12.1 Å². The molecule has 1 saturated heterocycles. The number of piperazine rings is 1. The normalized spacial score (nSPS) is 14.0. The number of carbonyl (C=O) groups is 1. The highest BCUT2D eigenvalue weighted by molar-refractivity contribution is 5.85. The molecule has 1 aromatic carbocycles. The van der Waals surface area contributed by atoms with E-state index in [0.29, 0.717) is 12.3 Å². The first kappa shape index (κ1) is 22.0. The van der Waals surface area contributed by atoms with Crippen molar-refractivity contribution in [2.45, 2.75) is 26.7 Å². The van der Waals surface area contributed by atoms with Gasteiger partial charge in [0.05, 0.1) is 0 Å². The quantitative estimate of drug-likeness (QED) is 0.819. The smallest absolute Gasteiger partial charge is 0.222 e. The molecule has 0 aromatic heterocycles. The van der Waals surface area contributed by atoms with Gasteiger partial charge >= 0.3 is 0 Å². The first-order chi connectivity index (χ1) is 10.1. The molecule has 1 amide bonds. The third kappa shape index (κ3) is 5.87. The molecule has 1 fully saturated rings. The van der Waals surface area contributed by atoms with Gasteiger partial charge in [0.1, 0.15) is 0 Å². The Kier molecular flexibility index (Phi) is 10.3. The molecule has 0 aliphatic carbocycles. The van der Waals surface area contributed by atoms with Crippen molar-refractivity contribution in [2.24, 2.45) is 0 Å². The second kappa shape index (κ2) is 10.7. The molecule has 1 aliphatic heterocycles. The van der Waals surface area contributed by atoms with Crippen LogP contribution in [0.3, 0.4) is 0 Å². The number of anilines is 1. The summed E-state index contributed by atoms with van der Waals surface area (Å²) in [6.07, 6.45) is 1.58. The predicted octanol–water partition coefficient (Wildman–Crippen LogP) is 2.80. The second-order valence-electron chi connectivity index (χ2n) is 5.79. The molecule has 132 valence electrons. The summed E-state index contributed by atoms with van der Waals surface area (Å²) >= 11 is 0. The summed E-state index contributed by atoms with van der Waals surface area (Å²) in [6, 6.07) is 6.46. The number of nitrogens with zero attached hydrogens (tertiary/aromatic N) is 2. The number of benzene rings is 1. The molecular formula is C17H29Cl2N3O. The number of hydrogen-bond donors (Lipinski definition) is 1. The molecule has 1 aromatic rings. The van der Waals surface area contributed by atoms with Crippen molar-refractivity contribution < 1.29 is 4.79 Å². The molecule has 1 aliphatic rings. The zero-order chi connectivity index (χ0) is 15.2. The highest BCUT2D eigenvalue weighted by Gasteiger charge is 2.21. The van der Waals surface area contributed by atoms with Crippen LogP contribution in [0.2, 0.25) is 0 Å². The maximum absolute atomic E-state index is 12.1. The van der Waals surface area contributed by atoms with E-state index < -0.39 is 0 Å². The van der Waals surface area contributed by atoms with E-state index in [4.69, 9.17) is 0 Å². The summed E-state index contributed by atoms with van der Waals surface area (Å²) in [5, 5.41) is 3.09. The van der Waals surface area contributed by atoms with Gasteiger partial charge in [-0.2, -0.15) is 0 Å². The van der Waals surface area contributed by atoms with Gasteiger partial charge in [-0.05, 0) is 51.1 Å². The van der Waals surface area contributed by atoms with Crippen LogP contribution in [0, 0.1) is 13.8 Å². The van der Waals surface area contributed by atoms with Gasteiger partial charge in [-0.3, -0.25) is 4.79 Å². The Bertz CT molecular complexity index is 489. The maximum atomic E-state index is 12.1. The molecule has 0 spiro atoms. The van der Waals surface area contributed by atoms with Gasteiger partial charge in [0, 0.05) is 38.3 Å². The van der Waals surface area contributed by atoms with E-state index >= 15 is 0 Å². The van der Waals surface area contributed by atoms with E-state index in [1.54, 1.807) is 0 Å². The van der Waals surface area contributed by atoms with Crippen molar-refractivity contribution in [1.29, 1.82) is 0 Å². The summed E-state index contributed by atoms with van der Waals surface area (Å²) in [4.78, 5) is 16.5. The zero-order valence-electron chi connectivity index (χ0n) is 14.3. The lowest BCUT2D eigenvalue weighted by atomic mass is 10.1. The highest BCUT2D eigenvalue weighted by Crippen LogP contribution is 2.23. The Hall–Kier alpha value is -0.970. The average Bonchev–Trinajstić information content (AvgIpc) is 2.50. The molecule has 0 radical (unpaired) electrons. The first-order valence-corrected chi connectivity index (χ1v) is 7.87. The van der Waals surface area contributed by atoms with Crippen LogP contribution < -0.4 is 10.2 Å². The topological polar surface area (TPSA) is 35.6 Å². The molecule has 1 heterocycles. The minimum Gasteiger partial charge on any atom is -0.368 e. The lowest BCUT2D eigenvalue weighted by molar-refractivity contribution is -0.131. The summed E-state index contributed by atoms with van der Waals surface area (Å²) in [5.41, 5.74) is 4.00. The molecule has 1 N–H and O–H groups in total. The lowest BCUT2D eigenvalue weighted by Gasteiger charge is -2.37.